The Labute approximate surface area is 110 Å². The molecule has 0 bridgehead atoms. The van der Waals surface area contributed by atoms with E-state index in [0.29, 0.717) is 0 Å². The van der Waals surface area contributed by atoms with Crippen molar-refractivity contribution in [2.75, 3.05) is 27.2 Å². The fourth-order valence-corrected chi connectivity index (χ4v) is 2.36. The van der Waals surface area contributed by atoms with Gasteiger partial charge in [0.15, 0.2) is 0 Å². The summed E-state index contributed by atoms with van der Waals surface area (Å²) in [6.45, 7) is 9.66. The molecule has 0 unspecified atom stereocenters. The number of nitrogens with zero attached hydrogens (tertiary/aromatic N) is 1. The second-order valence-corrected chi connectivity index (χ2v) is 6.69. The highest BCUT2D eigenvalue weighted by Crippen LogP contribution is 2.11. The lowest BCUT2D eigenvalue weighted by Gasteiger charge is -2.30. The average molecular weight is 242 g/mol. The SMILES string of the molecule is CCCCCCCC[N+](C)(C)CCCC(C)C. The monoisotopic (exact) mass is 242 g/mol. The van der Waals surface area contributed by atoms with E-state index in [0.717, 1.165) is 5.92 Å². The highest BCUT2D eigenvalue weighted by atomic mass is 15.3. The fraction of sp³-hybridized carbons (Fsp3) is 1.00. The molecule has 0 aliphatic carbocycles. The molecule has 104 valence electrons. The van der Waals surface area contributed by atoms with Gasteiger partial charge in [-0.25, -0.2) is 0 Å². The zero-order chi connectivity index (χ0) is 13.1. The van der Waals surface area contributed by atoms with Gasteiger partial charge in [0.1, 0.15) is 0 Å². The van der Waals surface area contributed by atoms with Crippen LogP contribution in [-0.2, 0) is 0 Å². The Balaban J connectivity index is 3.43. The summed E-state index contributed by atoms with van der Waals surface area (Å²) in [4.78, 5) is 0. The number of rotatable bonds is 11. The van der Waals surface area contributed by atoms with E-state index in [4.69, 9.17) is 0 Å². The molecule has 0 heterocycles. The second kappa shape index (κ2) is 9.94. The van der Waals surface area contributed by atoms with E-state index < -0.39 is 0 Å². The Bertz CT molecular complexity index is 161. The summed E-state index contributed by atoms with van der Waals surface area (Å²) in [7, 11) is 4.79. The van der Waals surface area contributed by atoms with Crippen LogP contribution in [0.2, 0.25) is 0 Å². The van der Waals surface area contributed by atoms with Gasteiger partial charge < -0.3 is 4.48 Å². The Morgan fingerprint density at radius 1 is 0.765 bits per heavy atom. The molecule has 0 aromatic rings. The third-order valence-electron chi connectivity index (χ3n) is 3.66. The minimum atomic E-state index is 0.865. The predicted octanol–water partition coefficient (Wildman–Crippen LogP) is 4.86. The van der Waals surface area contributed by atoms with Gasteiger partial charge in [-0.15, -0.1) is 0 Å². The van der Waals surface area contributed by atoms with E-state index in [-0.39, 0.29) is 0 Å². The summed E-state index contributed by atoms with van der Waals surface area (Å²) in [5.41, 5.74) is 0. The summed E-state index contributed by atoms with van der Waals surface area (Å²) < 4.78 is 1.22. The third kappa shape index (κ3) is 12.2. The van der Waals surface area contributed by atoms with E-state index in [9.17, 15) is 0 Å². The lowest BCUT2D eigenvalue weighted by Crippen LogP contribution is -2.41. The van der Waals surface area contributed by atoms with Gasteiger partial charge in [0, 0.05) is 0 Å². The first-order valence-electron chi connectivity index (χ1n) is 7.80. The first kappa shape index (κ1) is 17.0. The van der Waals surface area contributed by atoms with Gasteiger partial charge in [0.25, 0.3) is 0 Å². The van der Waals surface area contributed by atoms with E-state index >= 15 is 0 Å². The van der Waals surface area contributed by atoms with Gasteiger partial charge in [-0.1, -0.05) is 46.5 Å². The van der Waals surface area contributed by atoms with Crippen LogP contribution in [0.25, 0.3) is 0 Å². The average Bonchev–Trinajstić information content (AvgIpc) is 2.22. The molecule has 0 saturated carbocycles. The Morgan fingerprint density at radius 2 is 1.29 bits per heavy atom. The molecule has 0 N–H and O–H groups in total. The molecule has 0 amide bonds. The number of quaternary nitrogens is 1. The van der Waals surface area contributed by atoms with Gasteiger partial charge in [-0.2, -0.15) is 0 Å². The molecule has 0 aliphatic rings. The predicted molar refractivity (Wildman–Crippen MR) is 79.3 cm³/mol. The molecule has 0 aromatic heterocycles. The molecule has 1 heteroatoms. The van der Waals surface area contributed by atoms with Crippen LogP contribution in [0, 0.1) is 5.92 Å². The molecule has 0 rings (SSSR count). The summed E-state index contributed by atoms with van der Waals surface area (Å²) in [5, 5.41) is 0. The second-order valence-electron chi connectivity index (χ2n) is 6.69. The molecule has 0 aliphatic heterocycles. The molecular weight excluding hydrogens is 206 g/mol. The summed E-state index contributed by atoms with van der Waals surface area (Å²) >= 11 is 0. The third-order valence-corrected chi connectivity index (χ3v) is 3.66. The maximum absolute atomic E-state index is 2.40. The first-order chi connectivity index (χ1) is 7.98. The summed E-state index contributed by atoms with van der Waals surface area (Å²) in [5.74, 6) is 0.865. The van der Waals surface area contributed by atoms with Crippen molar-refractivity contribution >= 4 is 0 Å². The Kier molecular flexibility index (Phi) is 9.91. The van der Waals surface area contributed by atoms with Crippen molar-refractivity contribution in [2.45, 2.75) is 72.1 Å². The molecule has 0 radical (unpaired) electrons. The van der Waals surface area contributed by atoms with Crippen molar-refractivity contribution in [1.29, 1.82) is 0 Å². The van der Waals surface area contributed by atoms with Crippen LogP contribution >= 0.6 is 0 Å². The normalized spacial score (nSPS) is 12.4. The van der Waals surface area contributed by atoms with Gasteiger partial charge >= 0.3 is 0 Å². The van der Waals surface area contributed by atoms with Crippen LogP contribution in [0.1, 0.15) is 72.1 Å². The Morgan fingerprint density at radius 3 is 1.88 bits per heavy atom. The molecule has 1 nitrogen and oxygen atoms in total. The minimum absolute atomic E-state index is 0.865. The minimum Gasteiger partial charge on any atom is -0.328 e. The van der Waals surface area contributed by atoms with Gasteiger partial charge in [0.05, 0.1) is 27.2 Å². The maximum Gasteiger partial charge on any atom is 0.0782 e. The van der Waals surface area contributed by atoms with Crippen LogP contribution in [0.15, 0.2) is 0 Å². The molecule has 0 saturated heterocycles. The van der Waals surface area contributed by atoms with Crippen molar-refractivity contribution < 1.29 is 4.48 Å². The topological polar surface area (TPSA) is 0 Å². The maximum atomic E-state index is 2.40. The van der Waals surface area contributed by atoms with Crippen molar-refractivity contribution in [3.8, 4) is 0 Å². The zero-order valence-corrected chi connectivity index (χ0v) is 13.1. The van der Waals surface area contributed by atoms with Gasteiger partial charge in [0.2, 0.25) is 0 Å². The summed E-state index contributed by atoms with van der Waals surface area (Å²) in [6, 6.07) is 0. The highest BCUT2D eigenvalue weighted by Gasteiger charge is 2.13. The molecule has 17 heavy (non-hydrogen) atoms. The smallest absolute Gasteiger partial charge is 0.0782 e. The number of unbranched alkanes of at least 4 members (excludes halogenated alkanes) is 5. The number of hydrogen-bond donors (Lipinski definition) is 0. The van der Waals surface area contributed by atoms with Crippen molar-refractivity contribution in [1.82, 2.24) is 0 Å². The molecule has 0 aromatic carbocycles. The van der Waals surface area contributed by atoms with Crippen LogP contribution in [-0.4, -0.2) is 31.7 Å². The fourth-order valence-electron chi connectivity index (χ4n) is 2.36. The van der Waals surface area contributed by atoms with E-state index in [1.165, 1.54) is 68.9 Å². The highest BCUT2D eigenvalue weighted by molar-refractivity contribution is 4.47. The van der Waals surface area contributed by atoms with E-state index in [1.807, 2.05) is 0 Å². The molecule has 0 fully saturated rings. The number of hydrogen-bond acceptors (Lipinski definition) is 0. The van der Waals surface area contributed by atoms with Crippen LogP contribution in [0.5, 0.6) is 0 Å². The van der Waals surface area contributed by atoms with E-state index in [2.05, 4.69) is 34.9 Å². The molecular formula is C16H36N+. The molecule has 0 atom stereocenters. The van der Waals surface area contributed by atoms with Crippen LogP contribution in [0.3, 0.4) is 0 Å². The van der Waals surface area contributed by atoms with Gasteiger partial charge in [-0.3, -0.25) is 0 Å². The standard InChI is InChI=1S/C16H36N/c1-6-7-8-9-10-11-14-17(4,5)15-12-13-16(2)3/h16H,6-15H2,1-5H3/q+1. The zero-order valence-electron chi connectivity index (χ0n) is 13.1. The van der Waals surface area contributed by atoms with E-state index in [1.54, 1.807) is 0 Å². The van der Waals surface area contributed by atoms with Crippen LogP contribution < -0.4 is 0 Å². The summed E-state index contributed by atoms with van der Waals surface area (Å²) in [6.07, 6.45) is 11.3. The lowest BCUT2D eigenvalue weighted by atomic mass is 10.1. The van der Waals surface area contributed by atoms with Gasteiger partial charge in [-0.05, 0) is 31.6 Å². The Hall–Kier alpha value is -0.0400. The lowest BCUT2D eigenvalue weighted by molar-refractivity contribution is -0.890. The first-order valence-corrected chi connectivity index (χ1v) is 7.80. The quantitative estimate of drug-likeness (QED) is 0.358. The van der Waals surface area contributed by atoms with Crippen molar-refractivity contribution in [3.05, 3.63) is 0 Å². The largest absolute Gasteiger partial charge is 0.328 e. The van der Waals surface area contributed by atoms with Crippen molar-refractivity contribution in [2.24, 2.45) is 5.92 Å². The van der Waals surface area contributed by atoms with Crippen molar-refractivity contribution in [3.63, 3.8) is 0 Å². The van der Waals surface area contributed by atoms with Crippen LogP contribution in [0.4, 0.5) is 0 Å². The molecule has 0 spiro atoms.